The molecule has 0 saturated carbocycles. The zero-order chi connectivity index (χ0) is 9.38. The van der Waals surface area contributed by atoms with Crippen LogP contribution in [-0.4, -0.2) is 19.7 Å². The quantitative estimate of drug-likeness (QED) is 0.626. The fourth-order valence-corrected chi connectivity index (χ4v) is 1.53. The van der Waals surface area contributed by atoms with Gasteiger partial charge in [0.15, 0.2) is 0 Å². The van der Waals surface area contributed by atoms with Crippen LogP contribution in [0.3, 0.4) is 0 Å². The molecule has 0 radical (unpaired) electrons. The van der Waals surface area contributed by atoms with Gasteiger partial charge >= 0.3 is 0 Å². The summed E-state index contributed by atoms with van der Waals surface area (Å²) in [6.45, 7) is 0. The Morgan fingerprint density at radius 3 is 2.93 bits per heavy atom. The number of aromatic amines is 1. The lowest BCUT2D eigenvalue weighted by Crippen LogP contribution is -1.91. The van der Waals surface area contributed by atoms with Gasteiger partial charge in [-0.05, 0) is 12.1 Å². The Labute approximate surface area is 80.2 Å². The highest BCUT2D eigenvalue weighted by Gasteiger charge is 2.03. The molecule has 2 aromatic heterocycles. The predicted octanol–water partition coefficient (Wildman–Crippen LogP) is 1.75. The molecule has 0 aliphatic heterocycles. The summed E-state index contributed by atoms with van der Waals surface area (Å²) in [6, 6.07) is 9.91. The highest BCUT2D eigenvalue weighted by atomic mass is 15.2. The van der Waals surface area contributed by atoms with Gasteiger partial charge in [0.25, 0.3) is 0 Å². The second-order valence-corrected chi connectivity index (χ2v) is 3.05. The monoisotopic (exact) mass is 184 g/mol. The number of hydrogen-bond acceptors (Lipinski definition) is 2. The molecule has 3 aromatic rings. The van der Waals surface area contributed by atoms with E-state index in [4.69, 9.17) is 0 Å². The molecule has 1 N–H and O–H groups in total. The smallest absolute Gasteiger partial charge is 0.133 e. The summed E-state index contributed by atoms with van der Waals surface area (Å²) >= 11 is 0. The third-order valence-corrected chi connectivity index (χ3v) is 2.20. The molecule has 0 atom stereocenters. The van der Waals surface area contributed by atoms with Gasteiger partial charge in [-0.1, -0.05) is 12.1 Å². The largest absolute Gasteiger partial charge is 0.283 e. The molecule has 0 aliphatic rings. The molecule has 1 aromatic carbocycles. The lowest BCUT2D eigenvalue weighted by Gasteiger charge is -1.98. The second kappa shape index (κ2) is 2.70. The summed E-state index contributed by atoms with van der Waals surface area (Å²) in [6.07, 6.45) is 3.52. The summed E-state index contributed by atoms with van der Waals surface area (Å²) in [5.74, 6) is 0.929. The average molecular weight is 184 g/mol. The van der Waals surface area contributed by atoms with Crippen LogP contribution in [0.15, 0.2) is 42.9 Å². The van der Waals surface area contributed by atoms with Crippen molar-refractivity contribution in [1.82, 2.24) is 19.7 Å². The van der Waals surface area contributed by atoms with Crippen LogP contribution < -0.4 is 0 Å². The summed E-state index contributed by atoms with van der Waals surface area (Å²) in [7, 11) is 0. The molecule has 0 bridgehead atoms. The normalized spacial score (nSPS) is 10.9. The number of hydrogen-bond donors (Lipinski definition) is 1. The Morgan fingerprint density at radius 1 is 1.14 bits per heavy atom. The maximum Gasteiger partial charge on any atom is 0.133 e. The fraction of sp³-hybridized carbons (Fsp3) is 0. The highest BCUT2D eigenvalue weighted by Crippen LogP contribution is 2.15. The van der Waals surface area contributed by atoms with Gasteiger partial charge in [-0.2, -0.15) is 5.10 Å². The first-order valence-electron chi connectivity index (χ1n) is 4.37. The van der Waals surface area contributed by atoms with Crippen molar-refractivity contribution in [2.45, 2.75) is 0 Å². The number of nitrogens with zero attached hydrogens (tertiary/aromatic N) is 3. The number of fused-ring (bicyclic) bond motifs is 1. The highest BCUT2D eigenvalue weighted by molar-refractivity contribution is 5.76. The van der Waals surface area contributed by atoms with Gasteiger partial charge in [-0.25, -0.2) is 4.98 Å². The average Bonchev–Trinajstić information content (AvgIpc) is 2.85. The van der Waals surface area contributed by atoms with Crippen molar-refractivity contribution in [3.05, 3.63) is 42.9 Å². The zero-order valence-corrected chi connectivity index (χ0v) is 7.38. The number of aromatic nitrogens is 4. The molecule has 0 amide bonds. The Hall–Kier alpha value is -2.10. The summed E-state index contributed by atoms with van der Waals surface area (Å²) < 4.78 is 1.97. The standard InChI is InChI=1S/C10H8N4/c1-2-4-9-8(3-1)11-7-14(9)10-5-6-12-13-10/h1-7H,(H,12,13). The first kappa shape index (κ1) is 7.32. The van der Waals surface area contributed by atoms with E-state index in [9.17, 15) is 0 Å². The SMILES string of the molecule is c1ccc2c(c1)ncn2-c1ccn[nH]1. The third-order valence-electron chi connectivity index (χ3n) is 2.20. The molecule has 0 aliphatic carbocycles. The van der Waals surface area contributed by atoms with Crippen molar-refractivity contribution in [1.29, 1.82) is 0 Å². The van der Waals surface area contributed by atoms with E-state index in [-0.39, 0.29) is 0 Å². The second-order valence-electron chi connectivity index (χ2n) is 3.05. The Bertz CT molecular complexity index is 550. The van der Waals surface area contributed by atoms with Gasteiger partial charge < -0.3 is 0 Å². The predicted molar refractivity (Wildman–Crippen MR) is 53.2 cm³/mol. The molecule has 0 fully saturated rings. The van der Waals surface area contributed by atoms with Crippen LogP contribution in [0.1, 0.15) is 0 Å². The molecule has 0 unspecified atom stereocenters. The van der Waals surface area contributed by atoms with Gasteiger partial charge in [-0.15, -0.1) is 0 Å². The van der Waals surface area contributed by atoms with E-state index in [0.717, 1.165) is 16.9 Å². The minimum Gasteiger partial charge on any atom is -0.283 e. The van der Waals surface area contributed by atoms with Gasteiger partial charge in [0.1, 0.15) is 12.1 Å². The molecule has 4 heteroatoms. The third kappa shape index (κ3) is 0.939. The van der Waals surface area contributed by atoms with Crippen molar-refractivity contribution in [2.24, 2.45) is 0 Å². The lowest BCUT2D eigenvalue weighted by molar-refractivity contribution is 0.976. The van der Waals surface area contributed by atoms with E-state index in [1.165, 1.54) is 0 Å². The molecule has 2 heterocycles. The molecular formula is C10H8N4. The molecule has 0 saturated heterocycles. The zero-order valence-electron chi connectivity index (χ0n) is 7.38. The number of imidazole rings is 1. The van der Waals surface area contributed by atoms with Gasteiger partial charge in [-0.3, -0.25) is 9.67 Å². The van der Waals surface area contributed by atoms with E-state index in [1.807, 2.05) is 34.9 Å². The number of H-pyrrole nitrogens is 1. The molecule has 14 heavy (non-hydrogen) atoms. The van der Waals surface area contributed by atoms with Gasteiger partial charge in [0.2, 0.25) is 0 Å². The van der Waals surface area contributed by atoms with E-state index in [1.54, 1.807) is 12.5 Å². The number of para-hydroxylation sites is 2. The van der Waals surface area contributed by atoms with E-state index in [2.05, 4.69) is 15.2 Å². The minimum absolute atomic E-state index is 0.929. The molecule has 68 valence electrons. The van der Waals surface area contributed by atoms with Crippen LogP contribution in [0.2, 0.25) is 0 Å². The van der Waals surface area contributed by atoms with Crippen LogP contribution in [-0.2, 0) is 0 Å². The Kier molecular flexibility index (Phi) is 1.41. The first-order chi connectivity index (χ1) is 6.95. The van der Waals surface area contributed by atoms with Crippen LogP contribution in [0.5, 0.6) is 0 Å². The minimum atomic E-state index is 0.929. The van der Waals surface area contributed by atoms with Crippen molar-refractivity contribution in [3.8, 4) is 5.82 Å². The van der Waals surface area contributed by atoms with Crippen molar-refractivity contribution in [3.63, 3.8) is 0 Å². The van der Waals surface area contributed by atoms with Crippen LogP contribution in [0, 0.1) is 0 Å². The Balaban J connectivity index is 2.33. The number of benzene rings is 1. The van der Waals surface area contributed by atoms with E-state index in [0.29, 0.717) is 0 Å². The van der Waals surface area contributed by atoms with Gasteiger partial charge in [0, 0.05) is 6.07 Å². The molecule has 3 rings (SSSR count). The van der Waals surface area contributed by atoms with Crippen molar-refractivity contribution < 1.29 is 0 Å². The number of rotatable bonds is 1. The van der Waals surface area contributed by atoms with Crippen molar-refractivity contribution in [2.75, 3.05) is 0 Å². The molecule has 4 nitrogen and oxygen atoms in total. The van der Waals surface area contributed by atoms with E-state index < -0.39 is 0 Å². The summed E-state index contributed by atoms with van der Waals surface area (Å²) in [4.78, 5) is 4.29. The van der Waals surface area contributed by atoms with Crippen LogP contribution in [0.4, 0.5) is 0 Å². The van der Waals surface area contributed by atoms with E-state index >= 15 is 0 Å². The lowest BCUT2D eigenvalue weighted by atomic mass is 10.3. The maximum atomic E-state index is 4.29. The van der Waals surface area contributed by atoms with Crippen LogP contribution >= 0.6 is 0 Å². The first-order valence-corrected chi connectivity index (χ1v) is 4.37. The fourth-order valence-electron chi connectivity index (χ4n) is 1.53. The summed E-state index contributed by atoms with van der Waals surface area (Å²) in [5, 5.41) is 6.82. The topological polar surface area (TPSA) is 46.5 Å². The molecular weight excluding hydrogens is 176 g/mol. The van der Waals surface area contributed by atoms with Crippen molar-refractivity contribution >= 4 is 11.0 Å². The summed E-state index contributed by atoms with van der Waals surface area (Å²) in [5.41, 5.74) is 2.07. The van der Waals surface area contributed by atoms with Crippen LogP contribution in [0.25, 0.3) is 16.9 Å². The maximum absolute atomic E-state index is 4.29. The number of nitrogens with one attached hydrogen (secondary N) is 1. The Morgan fingerprint density at radius 2 is 2.07 bits per heavy atom. The molecule has 0 spiro atoms. The van der Waals surface area contributed by atoms with Gasteiger partial charge in [0.05, 0.1) is 17.2 Å².